The summed E-state index contributed by atoms with van der Waals surface area (Å²) < 4.78 is 11.2. The maximum Gasteiger partial charge on any atom is 0.123 e. The average molecular weight is 387 g/mol. The Balaban J connectivity index is 1.85. The van der Waals surface area contributed by atoms with Gasteiger partial charge in [0.1, 0.15) is 11.5 Å². The van der Waals surface area contributed by atoms with Crippen LogP contribution in [0.2, 0.25) is 0 Å². The van der Waals surface area contributed by atoms with Crippen LogP contribution in [-0.4, -0.2) is 30.2 Å². The van der Waals surface area contributed by atoms with Crippen molar-refractivity contribution in [1.82, 2.24) is 0 Å². The highest BCUT2D eigenvalue weighted by molar-refractivity contribution is 8.00. The maximum absolute atomic E-state index is 10.1. The van der Waals surface area contributed by atoms with Crippen molar-refractivity contribution in [1.29, 1.82) is 0 Å². The number of methoxy groups -OCH3 is 1. The van der Waals surface area contributed by atoms with Gasteiger partial charge in [-0.05, 0) is 68.0 Å². The number of thioether (sulfide) groups is 1. The van der Waals surface area contributed by atoms with E-state index in [1.807, 2.05) is 30.8 Å². The molecule has 0 bridgehead atoms. The molecule has 0 aromatic heterocycles. The second-order valence-electron chi connectivity index (χ2n) is 7.25. The van der Waals surface area contributed by atoms with Crippen molar-refractivity contribution in [2.45, 2.75) is 56.6 Å². The van der Waals surface area contributed by atoms with Gasteiger partial charge in [-0.25, -0.2) is 0 Å². The lowest BCUT2D eigenvalue weighted by atomic mass is 9.94. The molecular formula is C23H30O3S. The van der Waals surface area contributed by atoms with E-state index in [0.717, 1.165) is 30.8 Å². The van der Waals surface area contributed by atoms with E-state index in [1.54, 1.807) is 7.11 Å². The van der Waals surface area contributed by atoms with Crippen LogP contribution in [0.1, 0.15) is 54.2 Å². The molecular weight excluding hydrogens is 356 g/mol. The van der Waals surface area contributed by atoms with Crippen LogP contribution >= 0.6 is 11.8 Å². The molecule has 0 radical (unpaired) electrons. The molecule has 0 saturated carbocycles. The van der Waals surface area contributed by atoms with Gasteiger partial charge in [-0.15, -0.1) is 11.8 Å². The molecule has 1 fully saturated rings. The van der Waals surface area contributed by atoms with Crippen molar-refractivity contribution < 1.29 is 14.6 Å². The van der Waals surface area contributed by atoms with Crippen molar-refractivity contribution in [2.75, 3.05) is 13.7 Å². The third kappa shape index (κ3) is 4.80. The summed E-state index contributed by atoms with van der Waals surface area (Å²) in [4.78, 5) is 0. The Morgan fingerprint density at radius 1 is 1.15 bits per heavy atom. The molecule has 1 aliphatic heterocycles. The van der Waals surface area contributed by atoms with Crippen LogP contribution < -0.4 is 9.47 Å². The Morgan fingerprint density at radius 2 is 1.89 bits per heavy atom. The van der Waals surface area contributed by atoms with Crippen LogP contribution in [0.4, 0.5) is 0 Å². The summed E-state index contributed by atoms with van der Waals surface area (Å²) in [5, 5.41) is 10.7. The molecule has 0 spiro atoms. The zero-order chi connectivity index (χ0) is 19.4. The summed E-state index contributed by atoms with van der Waals surface area (Å²) in [6.45, 7) is 6.95. The van der Waals surface area contributed by atoms with Crippen molar-refractivity contribution in [3.63, 3.8) is 0 Å². The van der Waals surface area contributed by atoms with Crippen LogP contribution in [0.25, 0.3) is 0 Å². The lowest BCUT2D eigenvalue weighted by Gasteiger charge is -2.32. The zero-order valence-electron chi connectivity index (χ0n) is 16.7. The van der Waals surface area contributed by atoms with Crippen molar-refractivity contribution in [3.8, 4) is 11.5 Å². The molecule has 146 valence electrons. The summed E-state index contributed by atoms with van der Waals surface area (Å²) in [6, 6.07) is 12.8. The average Bonchev–Trinajstić information content (AvgIpc) is 2.67. The first-order valence-corrected chi connectivity index (χ1v) is 10.7. The van der Waals surface area contributed by atoms with Gasteiger partial charge < -0.3 is 14.6 Å². The van der Waals surface area contributed by atoms with Gasteiger partial charge in [0.05, 0.1) is 19.8 Å². The van der Waals surface area contributed by atoms with E-state index >= 15 is 0 Å². The molecule has 4 heteroatoms. The number of rotatable bonds is 6. The van der Waals surface area contributed by atoms with Gasteiger partial charge in [-0.2, -0.15) is 0 Å². The van der Waals surface area contributed by atoms with Crippen molar-refractivity contribution >= 4 is 11.8 Å². The number of hydrogen-bond acceptors (Lipinski definition) is 4. The van der Waals surface area contributed by atoms with E-state index in [1.165, 1.54) is 22.3 Å². The molecule has 3 nitrogen and oxygen atoms in total. The van der Waals surface area contributed by atoms with E-state index < -0.39 is 0 Å². The lowest BCUT2D eigenvalue weighted by molar-refractivity contribution is 0.157. The summed E-state index contributed by atoms with van der Waals surface area (Å²) in [5.41, 5.74) is 5.11. The fraction of sp³-hybridized carbons (Fsp3) is 0.478. The lowest BCUT2D eigenvalue weighted by Crippen LogP contribution is -2.26. The first-order chi connectivity index (χ1) is 13.0. The predicted octanol–water partition coefficient (Wildman–Crippen LogP) is 5.31. The molecule has 1 saturated heterocycles. The summed E-state index contributed by atoms with van der Waals surface area (Å²) in [5.74, 6) is 1.88. The van der Waals surface area contributed by atoms with Crippen molar-refractivity contribution in [3.05, 3.63) is 58.7 Å². The number of aryl methyl sites for hydroxylation is 1. The van der Waals surface area contributed by atoms with Gasteiger partial charge in [0.15, 0.2) is 0 Å². The highest BCUT2D eigenvalue weighted by atomic mass is 32.2. The van der Waals surface area contributed by atoms with Crippen LogP contribution in [-0.2, 0) is 6.42 Å². The van der Waals surface area contributed by atoms with Crippen LogP contribution in [0.15, 0.2) is 36.4 Å². The smallest absolute Gasteiger partial charge is 0.123 e. The second-order valence-corrected chi connectivity index (χ2v) is 8.83. The zero-order valence-corrected chi connectivity index (χ0v) is 17.5. The Labute approximate surface area is 167 Å². The fourth-order valence-corrected chi connectivity index (χ4v) is 5.10. The van der Waals surface area contributed by atoms with Gasteiger partial charge in [-0.3, -0.25) is 0 Å². The number of ether oxygens (including phenoxy) is 2. The quantitative estimate of drug-likeness (QED) is 0.730. The Bertz CT molecular complexity index is 757. The molecule has 2 aromatic rings. The van der Waals surface area contributed by atoms with Crippen molar-refractivity contribution in [2.24, 2.45) is 0 Å². The molecule has 1 heterocycles. The van der Waals surface area contributed by atoms with Gasteiger partial charge in [0, 0.05) is 16.1 Å². The number of benzene rings is 2. The second kappa shape index (κ2) is 9.03. The molecule has 0 amide bonds. The Morgan fingerprint density at radius 3 is 2.52 bits per heavy atom. The van der Waals surface area contributed by atoms with Gasteiger partial charge in [0.25, 0.3) is 0 Å². The molecule has 3 atom stereocenters. The Hall–Kier alpha value is -1.65. The first kappa shape index (κ1) is 20.1. The summed E-state index contributed by atoms with van der Waals surface area (Å²) >= 11 is 1.86. The third-order valence-electron chi connectivity index (χ3n) is 5.31. The van der Waals surface area contributed by atoms with E-state index in [9.17, 15) is 5.11 Å². The summed E-state index contributed by atoms with van der Waals surface area (Å²) in [7, 11) is 1.75. The van der Waals surface area contributed by atoms with Crippen LogP contribution in [0, 0.1) is 6.92 Å². The SMILES string of the molecule is CCOc1ccc(Cc2cc(C3CCC(O)C(C)S3)c(OC)cc2C)cc1. The third-order valence-corrected chi connectivity index (χ3v) is 6.87. The topological polar surface area (TPSA) is 38.7 Å². The van der Waals surface area contributed by atoms with Crippen LogP contribution in [0.5, 0.6) is 11.5 Å². The molecule has 1 N–H and O–H groups in total. The normalized spacial score (nSPS) is 22.5. The number of aliphatic hydroxyl groups is 1. The van der Waals surface area contributed by atoms with E-state index in [2.05, 4.69) is 38.1 Å². The van der Waals surface area contributed by atoms with Gasteiger partial charge >= 0.3 is 0 Å². The molecule has 27 heavy (non-hydrogen) atoms. The highest BCUT2D eigenvalue weighted by Crippen LogP contribution is 2.46. The highest BCUT2D eigenvalue weighted by Gasteiger charge is 2.29. The number of aliphatic hydroxyl groups excluding tert-OH is 1. The van der Waals surface area contributed by atoms with E-state index in [0.29, 0.717) is 11.9 Å². The minimum Gasteiger partial charge on any atom is -0.496 e. The largest absolute Gasteiger partial charge is 0.496 e. The fourth-order valence-electron chi connectivity index (χ4n) is 3.66. The van der Waals surface area contributed by atoms with E-state index in [4.69, 9.17) is 9.47 Å². The summed E-state index contributed by atoms with van der Waals surface area (Å²) in [6.07, 6.45) is 2.53. The number of hydrogen-bond donors (Lipinski definition) is 1. The molecule has 3 rings (SSSR count). The standard InChI is InChI=1S/C23H30O3S/c1-5-26-19-8-6-17(7-9-19)13-18-14-20(22(25-4)12-15(18)2)23-11-10-21(24)16(3)27-23/h6-9,12,14,16,21,23-24H,5,10-11,13H2,1-4H3. The predicted molar refractivity (Wildman–Crippen MR) is 113 cm³/mol. The molecule has 0 aliphatic carbocycles. The van der Waals surface area contributed by atoms with Gasteiger partial charge in [0.2, 0.25) is 0 Å². The van der Waals surface area contributed by atoms with Gasteiger partial charge in [-0.1, -0.05) is 25.1 Å². The maximum atomic E-state index is 10.1. The first-order valence-electron chi connectivity index (χ1n) is 9.74. The monoisotopic (exact) mass is 386 g/mol. The van der Waals surface area contributed by atoms with Crippen LogP contribution in [0.3, 0.4) is 0 Å². The minimum absolute atomic E-state index is 0.203. The minimum atomic E-state index is -0.203. The molecule has 2 aromatic carbocycles. The molecule has 3 unspecified atom stereocenters. The molecule has 1 aliphatic rings. The Kier molecular flexibility index (Phi) is 6.72. The van der Waals surface area contributed by atoms with E-state index in [-0.39, 0.29) is 11.4 Å².